The molecule has 0 aliphatic rings. The van der Waals surface area contributed by atoms with Crippen molar-refractivity contribution in [2.75, 3.05) is 11.1 Å². The lowest BCUT2D eigenvalue weighted by Gasteiger charge is -2.13. The standard InChI is InChI=1S/C26H17Cl2N3OS/c27-19-10-6-17(7-11-19)22-14-24(18-8-12-20(28)13-9-18)31-26(23(22)15-29)33-16-25(32)30-21-4-2-1-3-5-21/h1-14H,16H2,(H,30,32). The fraction of sp³-hybridized carbons (Fsp3) is 0.0385. The quantitative estimate of drug-likeness (QED) is 0.288. The van der Waals surface area contributed by atoms with E-state index in [4.69, 9.17) is 28.2 Å². The summed E-state index contributed by atoms with van der Waals surface area (Å²) in [5.74, 6) is -0.0671. The SMILES string of the molecule is N#Cc1c(-c2ccc(Cl)cc2)cc(-c2ccc(Cl)cc2)nc1SCC(=O)Nc1ccccc1. The average Bonchev–Trinajstić information content (AvgIpc) is 2.84. The van der Waals surface area contributed by atoms with Crippen LogP contribution in [0.1, 0.15) is 5.56 Å². The molecule has 0 atom stereocenters. The van der Waals surface area contributed by atoms with Crippen molar-refractivity contribution in [3.8, 4) is 28.5 Å². The Morgan fingerprint density at radius 2 is 1.52 bits per heavy atom. The summed E-state index contributed by atoms with van der Waals surface area (Å²) in [6.07, 6.45) is 0. The van der Waals surface area contributed by atoms with Gasteiger partial charge in [-0.25, -0.2) is 4.98 Å². The largest absolute Gasteiger partial charge is 0.325 e. The third-order valence-electron chi connectivity index (χ3n) is 4.79. The molecule has 1 aromatic heterocycles. The van der Waals surface area contributed by atoms with Gasteiger partial charge in [0, 0.05) is 26.9 Å². The zero-order valence-corrected chi connectivity index (χ0v) is 19.6. The summed E-state index contributed by atoms with van der Waals surface area (Å²) < 4.78 is 0. The van der Waals surface area contributed by atoms with E-state index >= 15 is 0 Å². The highest BCUT2D eigenvalue weighted by Crippen LogP contribution is 2.35. The van der Waals surface area contributed by atoms with Gasteiger partial charge < -0.3 is 5.32 Å². The Bertz CT molecular complexity index is 1320. The molecule has 3 aromatic carbocycles. The fourth-order valence-corrected chi connectivity index (χ4v) is 4.27. The maximum Gasteiger partial charge on any atom is 0.234 e. The molecule has 0 bridgehead atoms. The van der Waals surface area contributed by atoms with E-state index in [2.05, 4.69) is 11.4 Å². The lowest BCUT2D eigenvalue weighted by Crippen LogP contribution is -2.14. The molecule has 4 nitrogen and oxygen atoms in total. The van der Waals surface area contributed by atoms with Gasteiger partial charge in [-0.3, -0.25) is 4.79 Å². The summed E-state index contributed by atoms with van der Waals surface area (Å²) >= 11 is 13.3. The van der Waals surface area contributed by atoms with Crippen molar-refractivity contribution in [1.29, 1.82) is 5.26 Å². The zero-order chi connectivity index (χ0) is 23.2. The van der Waals surface area contributed by atoms with Crippen LogP contribution in [0.4, 0.5) is 5.69 Å². The van der Waals surface area contributed by atoms with Crippen molar-refractivity contribution in [2.45, 2.75) is 5.03 Å². The number of rotatable bonds is 6. The maximum absolute atomic E-state index is 12.5. The van der Waals surface area contributed by atoms with E-state index in [0.717, 1.165) is 16.7 Å². The minimum Gasteiger partial charge on any atom is -0.325 e. The number of carbonyl (C=O) groups is 1. The molecule has 0 fully saturated rings. The Balaban J connectivity index is 1.71. The van der Waals surface area contributed by atoms with E-state index in [9.17, 15) is 10.1 Å². The molecular weight excluding hydrogens is 473 g/mol. The first kappa shape index (κ1) is 22.9. The van der Waals surface area contributed by atoms with Gasteiger partial charge in [0.15, 0.2) is 0 Å². The second-order valence-corrected chi connectivity index (χ2v) is 8.90. The van der Waals surface area contributed by atoms with E-state index in [0.29, 0.717) is 32.0 Å². The molecule has 4 rings (SSSR count). The van der Waals surface area contributed by atoms with Crippen LogP contribution in [0.3, 0.4) is 0 Å². The first-order chi connectivity index (χ1) is 16.0. The number of para-hydroxylation sites is 1. The van der Waals surface area contributed by atoms with Crippen LogP contribution >= 0.6 is 35.0 Å². The molecule has 0 unspecified atom stereocenters. The predicted octanol–water partition coefficient (Wildman–Crippen LogP) is 7.32. The van der Waals surface area contributed by atoms with Gasteiger partial charge in [0.25, 0.3) is 0 Å². The van der Waals surface area contributed by atoms with Crippen LogP contribution in [0.25, 0.3) is 22.4 Å². The van der Waals surface area contributed by atoms with Crippen molar-refractivity contribution in [3.63, 3.8) is 0 Å². The van der Waals surface area contributed by atoms with Crippen LogP contribution in [0, 0.1) is 11.3 Å². The van der Waals surface area contributed by atoms with Crippen LogP contribution in [0.15, 0.2) is 90.0 Å². The normalized spacial score (nSPS) is 10.5. The van der Waals surface area contributed by atoms with Crippen molar-refractivity contribution >= 4 is 46.6 Å². The molecule has 0 spiro atoms. The fourth-order valence-electron chi connectivity index (χ4n) is 3.21. The lowest BCUT2D eigenvalue weighted by molar-refractivity contribution is -0.113. The molecule has 1 N–H and O–H groups in total. The lowest BCUT2D eigenvalue weighted by atomic mass is 9.99. The van der Waals surface area contributed by atoms with Gasteiger partial charge in [-0.05, 0) is 48.0 Å². The van der Waals surface area contributed by atoms with E-state index < -0.39 is 0 Å². The maximum atomic E-state index is 12.5. The molecule has 0 saturated heterocycles. The highest BCUT2D eigenvalue weighted by atomic mass is 35.5. The van der Waals surface area contributed by atoms with E-state index in [-0.39, 0.29) is 11.7 Å². The third-order valence-corrected chi connectivity index (χ3v) is 6.27. The first-order valence-electron chi connectivity index (χ1n) is 9.98. The molecule has 0 aliphatic carbocycles. The Morgan fingerprint density at radius 3 is 2.12 bits per heavy atom. The van der Waals surface area contributed by atoms with Gasteiger partial charge in [0.1, 0.15) is 11.1 Å². The highest BCUT2D eigenvalue weighted by Gasteiger charge is 2.17. The molecule has 0 saturated carbocycles. The van der Waals surface area contributed by atoms with Crippen molar-refractivity contribution in [2.24, 2.45) is 0 Å². The number of benzene rings is 3. The van der Waals surface area contributed by atoms with Crippen molar-refractivity contribution in [3.05, 3.63) is 101 Å². The first-order valence-corrected chi connectivity index (χ1v) is 11.7. The molecule has 162 valence electrons. The topological polar surface area (TPSA) is 65.8 Å². The summed E-state index contributed by atoms with van der Waals surface area (Å²) in [5.41, 5.74) is 4.22. The Morgan fingerprint density at radius 1 is 0.909 bits per heavy atom. The number of nitriles is 1. The smallest absolute Gasteiger partial charge is 0.234 e. The molecule has 4 aromatic rings. The van der Waals surface area contributed by atoms with Crippen LogP contribution < -0.4 is 5.32 Å². The number of carbonyl (C=O) groups excluding carboxylic acids is 1. The Kier molecular flexibility index (Phi) is 7.31. The summed E-state index contributed by atoms with van der Waals surface area (Å²) in [6, 6.07) is 28.0. The van der Waals surface area contributed by atoms with Gasteiger partial charge >= 0.3 is 0 Å². The van der Waals surface area contributed by atoms with Gasteiger partial charge in [0.05, 0.1) is 17.0 Å². The number of anilines is 1. The number of pyridine rings is 1. The van der Waals surface area contributed by atoms with Gasteiger partial charge in [-0.15, -0.1) is 0 Å². The zero-order valence-electron chi connectivity index (χ0n) is 17.3. The number of thioether (sulfide) groups is 1. The van der Waals surface area contributed by atoms with Gasteiger partial charge in [-0.1, -0.05) is 77.4 Å². The molecule has 1 heterocycles. The Labute approximate surface area is 206 Å². The van der Waals surface area contributed by atoms with Crippen LogP contribution in [0.2, 0.25) is 10.0 Å². The third kappa shape index (κ3) is 5.74. The molecule has 0 radical (unpaired) electrons. The summed E-state index contributed by atoms with van der Waals surface area (Å²) in [4.78, 5) is 17.2. The number of amides is 1. The molecule has 1 amide bonds. The number of nitrogens with one attached hydrogen (secondary N) is 1. The minimum atomic E-state index is -0.179. The molecule has 33 heavy (non-hydrogen) atoms. The number of hydrogen-bond acceptors (Lipinski definition) is 4. The average molecular weight is 490 g/mol. The number of halogens is 2. The van der Waals surface area contributed by atoms with E-state index in [1.807, 2.05) is 60.7 Å². The highest BCUT2D eigenvalue weighted by molar-refractivity contribution is 8.00. The number of hydrogen-bond donors (Lipinski definition) is 1. The molecule has 7 heteroatoms. The van der Waals surface area contributed by atoms with E-state index in [1.54, 1.807) is 24.3 Å². The summed E-state index contributed by atoms with van der Waals surface area (Å²) in [5, 5.41) is 14.5. The number of nitrogens with zero attached hydrogens (tertiary/aromatic N) is 2. The van der Waals surface area contributed by atoms with Crippen LogP contribution in [-0.4, -0.2) is 16.6 Å². The van der Waals surface area contributed by atoms with Crippen molar-refractivity contribution < 1.29 is 4.79 Å². The van der Waals surface area contributed by atoms with Crippen LogP contribution in [-0.2, 0) is 4.79 Å². The molecule has 0 aliphatic heterocycles. The molecular formula is C26H17Cl2N3OS. The van der Waals surface area contributed by atoms with Crippen LogP contribution in [0.5, 0.6) is 0 Å². The van der Waals surface area contributed by atoms with Gasteiger partial charge in [-0.2, -0.15) is 5.26 Å². The predicted molar refractivity (Wildman–Crippen MR) is 136 cm³/mol. The monoisotopic (exact) mass is 489 g/mol. The second kappa shape index (κ2) is 10.5. The van der Waals surface area contributed by atoms with Crippen molar-refractivity contribution in [1.82, 2.24) is 4.98 Å². The van der Waals surface area contributed by atoms with E-state index in [1.165, 1.54) is 11.8 Å². The van der Waals surface area contributed by atoms with Gasteiger partial charge in [0.2, 0.25) is 5.91 Å². The summed E-state index contributed by atoms with van der Waals surface area (Å²) in [7, 11) is 0. The minimum absolute atomic E-state index is 0.112. The Hall–Kier alpha value is -3.30. The second-order valence-electron chi connectivity index (χ2n) is 7.06. The number of aromatic nitrogens is 1. The summed E-state index contributed by atoms with van der Waals surface area (Å²) in [6.45, 7) is 0.